The molecule has 0 aromatic heterocycles. The van der Waals surface area contributed by atoms with E-state index in [4.69, 9.17) is 4.74 Å². The number of methoxy groups -OCH3 is 1. The molecule has 1 heterocycles. The highest BCUT2D eigenvalue weighted by Crippen LogP contribution is 2.47. The van der Waals surface area contributed by atoms with Gasteiger partial charge in [0.15, 0.2) is 6.35 Å². The minimum Gasteiger partial charge on any atom is -0.369 e. The van der Waals surface area contributed by atoms with Gasteiger partial charge in [0.2, 0.25) is 0 Å². The van der Waals surface area contributed by atoms with Gasteiger partial charge in [0, 0.05) is 31.3 Å². The van der Waals surface area contributed by atoms with E-state index in [-0.39, 0.29) is 11.1 Å². The molecular formula is C22H34N4O2. The van der Waals surface area contributed by atoms with Crippen LogP contribution in [0.4, 0.5) is 0 Å². The van der Waals surface area contributed by atoms with Crippen molar-refractivity contribution >= 4 is 0 Å². The molecule has 6 nitrogen and oxygen atoms in total. The largest absolute Gasteiger partial charge is 0.369 e. The van der Waals surface area contributed by atoms with Crippen LogP contribution in [0, 0.1) is 16.7 Å². The molecule has 1 aromatic carbocycles. The monoisotopic (exact) mass is 386 g/mol. The van der Waals surface area contributed by atoms with E-state index in [1.54, 1.807) is 7.11 Å². The van der Waals surface area contributed by atoms with E-state index in [1.165, 1.54) is 5.56 Å². The number of hydrogen-bond acceptors (Lipinski definition) is 6. The molecule has 1 aliphatic heterocycles. The normalized spacial score (nSPS) is 31.9. The fraction of sp³-hybridized carbons (Fsp3) is 0.682. The summed E-state index contributed by atoms with van der Waals surface area (Å²) in [5.74, 6) is 0. The van der Waals surface area contributed by atoms with Crippen LogP contribution >= 0.6 is 0 Å². The lowest BCUT2D eigenvalue weighted by molar-refractivity contribution is -0.132. The van der Waals surface area contributed by atoms with Crippen LogP contribution in [0.3, 0.4) is 0 Å². The Balaban J connectivity index is 1.82. The summed E-state index contributed by atoms with van der Waals surface area (Å²) in [4.78, 5) is 4.13. The van der Waals surface area contributed by atoms with Crippen LogP contribution in [0.25, 0.3) is 0 Å². The van der Waals surface area contributed by atoms with Gasteiger partial charge < -0.3 is 15.2 Å². The predicted octanol–water partition coefficient (Wildman–Crippen LogP) is 2.46. The van der Waals surface area contributed by atoms with Crippen molar-refractivity contribution < 1.29 is 9.84 Å². The number of nitrogens with zero attached hydrogens (tertiary/aromatic N) is 3. The van der Waals surface area contributed by atoms with Crippen molar-refractivity contribution in [3.8, 4) is 6.07 Å². The van der Waals surface area contributed by atoms with Crippen LogP contribution in [0.1, 0.15) is 45.1 Å². The maximum atomic E-state index is 11.0. The van der Waals surface area contributed by atoms with E-state index < -0.39 is 11.8 Å². The predicted molar refractivity (Wildman–Crippen MR) is 109 cm³/mol. The van der Waals surface area contributed by atoms with Crippen molar-refractivity contribution in [2.75, 3.05) is 34.0 Å². The Morgan fingerprint density at radius 1 is 1.25 bits per heavy atom. The second kappa shape index (κ2) is 8.10. The summed E-state index contributed by atoms with van der Waals surface area (Å²) in [5, 5.41) is 24.0. The van der Waals surface area contributed by atoms with E-state index >= 15 is 0 Å². The van der Waals surface area contributed by atoms with Gasteiger partial charge in [0.25, 0.3) is 0 Å². The molecule has 1 saturated carbocycles. The number of aliphatic hydroxyl groups excluding tert-OH is 1. The Bertz CT molecular complexity index is 692. The Morgan fingerprint density at radius 2 is 1.89 bits per heavy atom. The Kier molecular flexibility index (Phi) is 6.14. The van der Waals surface area contributed by atoms with Crippen LogP contribution in [0.15, 0.2) is 30.3 Å². The van der Waals surface area contributed by atoms with E-state index in [0.29, 0.717) is 13.3 Å². The Hall–Kier alpha value is -1.49. The maximum Gasteiger partial charge on any atom is 0.167 e. The lowest BCUT2D eigenvalue weighted by Crippen LogP contribution is -2.56. The highest BCUT2D eigenvalue weighted by molar-refractivity contribution is 5.26. The third-order valence-electron chi connectivity index (χ3n) is 6.72. The van der Waals surface area contributed by atoms with E-state index in [9.17, 15) is 10.4 Å². The average molecular weight is 387 g/mol. The number of aliphatic hydroxyl groups is 1. The quantitative estimate of drug-likeness (QED) is 0.783. The van der Waals surface area contributed by atoms with Gasteiger partial charge in [-0.15, -0.1) is 0 Å². The van der Waals surface area contributed by atoms with Gasteiger partial charge in [0.1, 0.15) is 6.73 Å². The zero-order valence-electron chi connectivity index (χ0n) is 17.6. The van der Waals surface area contributed by atoms with Crippen molar-refractivity contribution in [3.63, 3.8) is 0 Å². The maximum absolute atomic E-state index is 11.0. The van der Waals surface area contributed by atoms with E-state index in [0.717, 1.165) is 32.2 Å². The Morgan fingerprint density at radius 3 is 2.43 bits per heavy atom. The first kappa shape index (κ1) is 21.2. The molecule has 1 saturated heterocycles. The van der Waals surface area contributed by atoms with Gasteiger partial charge in [-0.25, -0.2) is 4.90 Å². The van der Waals surface area contributed by atoms with E-state index in [2.05, 4.69) is 46.6 Å². The average Bonchev–Trinajstić information content (AvgIpc) is 2.95. The number of ether oxygens (including phenoxy) is 1. The SMILES string of the molecule is CN[C@]1(c2ccccc2)CC[C@]2(CC1)CN(CC(C)(C)C#N)C(O)N2COC. The summed E-state index contributed by atoms with van der Waals surface area (Å²) in [5.41, 5.74) is 0.663. The summed E-state index contributed by atoms with van der Waals surface area (Å²) in [6, 6.07) is 13.0. The van der Waals surface area contributed by atoms with Crippen molar-refractivity contribution in [2.24, 2.45) is 5.41 Å². The fourth-order valence-corrected chi connectivity index (χ4v) is 5.04. The zero-order valence-corrected chi connectivity index (χ0v) is 17.6. The lowest BCUT2D eigenvalue weighted by Gasteiger charge is -2.48. The fourth-order valence-electron chi connectivity index (χ4n) is 5.04. The molecule has 0 bridgehead atoms. The number of hydrogen-bond donors (Lipinski definition) is 2. The first-order chi connectivity index (χ1) is 13.3. The van der Waals surface area contributed by atoms with Gasteiger partial charge in [-0.1, -0.05) is 30.3 Å². The highest BCUT2D eigenvalue weighted by atomic mass is 16.5. The van der Waals surface area contributed by atoms with Gasteiger partial charge in [-0.05, 0) is 52.1 Å². The first-order valence-electron chi connectivity index (χ1n) is 10.1. The second-order valence-electron chi connectivity index (χ2n) is 9.06. The van der Waals surface area contributed by atoms with Crippen LogP contribution in [0.2, 0.25) is 0 Å². The van der Waals surface area contributed by atoms with Gasteiger partial charge >= 0.3 is 0 Å². The summed E-state index contributed by atoms with van der Waals surface area (Å²) in [6.45, 7) is 5.55. The van der Waals surface area contributed by atoms with Crippen LogP contribution in [0.5, 0.6) is 0 Å². The molecule has 3 rings (SSSR count). The molecule has 1 spiro atoms. The number of nitriles is 1. The molecule has 1 aliphatic carbocycles. The number of rotatable bonds is 6. The molecule has 2 aliphatic rings. The molecule has 1 unspecified atom stereocenters. The minimum atomic E-state index is -0.716. The molecular weight excluding hydrogens is 352 g/mol. The molecule has 2 fully saturated rings. The van der Waals surface area contributed by atoms with Crippen LogP contribution in [-0.4, -0.2) is 60.8 Å². The topological polar surface area (TPSA) is 71.8 Å². The molecule has 1 aromatic rings. The smallest absolute Gasteiger partial charge is 0.167 e. The summed E-state index contributed by atoms with van der Waals surface area (Å²) < 4.78 is 5.45. The van der Waals surface area contributed by atoms with Crippen molar-refractivity contribution in [2.45, 2.75) is 57.0 Å². The molecule has 0 amide bonds. The van der Waals surface area contributed by atoms with Gasteiger partial charge in [-0.3, -0.25) is 4.90 Å². The molecule has 2 N–H and O–H groups in total. The standard InChI is InChI=1S/C22H34N4O2/c1-20(2,14-23)15-25-16-21(26(17-28-4)19(25)27)10-12-22(24-3,13-11-21)18-8-6-5-7-9-18/h5-9,19,24,27H,10-13,15-17H2,1-4H3/t19?,21-,22+. The van der Waals surface area contributed by atoms with Crippen molar-refractivity contribution in [1.82, 2.24) is 15.1 Å². The third-order valence-corrected chi connectivity index (χ3v) is 6.72. The number of nitrogens with one attached hydrogen (secondary N) is 1. The van der Waals surface area contributed by atoms with Crippen LogP contribution in [-0.2, 0) is 10.3 Å². The minimum absolute atomic E-state index is 0.0322. The van der Waals surface area contributed by atoms with Crippen molar-refractivity contribution in [3.05, 3.63) is 35.9 Å². The lowest BCUT2D eigenvalue weighted by atomic mass is 9.69. The summed E-state index contributed by atoms with van der Waals surface area (Å²) in [6.07, 6.45) is 3.21. The van der Waals surface area contributed by atoms with E-state index in [1.807, 2.05) is 25.8 Å². The first-order valence-corrected chi connectivity index (χ1v) is 10.1. The molecule has 28 heavy (non-hydrogen) atoms. The zero-order chi connectivity index (χ0) is 20.4. The van der Waals surface area contributed by atoms with Gasteiger partial charge in [0.05, 0.1) is 11.5 Å². The highest BCUT2D eigenvalue weighted by Gasteiger charge is 2.54. The Labute approximate surface area is 169 Å². The second-order valence-corrected chi connectivity index (χ2v) is 9.06. The third kappa shape index (κ3) is 3.83. The molecule has 154 valence electrons. The van der Waals surface area contributed by atoms with Crippen LogP contribution < -0.4 is 5.32 Å². The summed E-state index contributed by atoms with van der Waals surface area (Å²) >= 11 is 0. The molecule has 6 heteroatoms. The van der Waals surface area contributed by atoms with Crippen molar-refractivity contribution in [1.29, 1.82) is 5.26 Å². The molecule has 0 radical (unpaired) electrons. The molecule has 1 atom stereocenters. The number of benzene rings is 1. The summed E-state index contributed by atoms with van der Waals surface area (Å²) in [7, 11) is 3.72. The van der Waals surface area contributed by atoms with Gasteiger partial charge in [-0.2, -0.15) is 5.26 Å².